The average molecular weight is 348 g/mol. The number of hydrogen-bond donors (Lipinski definition) is 1. The summed E-state index contributed by atoms with van der Waals surface area (Å²) in [6, 6.07) is 12.3. The normalized spacial score (nSPS) is 15.0. The SMILES string of the molecule is Brc1ccc(CNc2ccccn2)c(N2CCOCC2)c1. The Morgan fingerprint density at radius 2 is 2.05 bits per heavy atom. The molecule has 1 saturated heterocycles. The van der Waals surface area contributed by atoms with Crippen molar-refractivity contribution in [3.63, 3.8) is 0 Å². The Morgan fingerprint density at radius 1 is 1.19 bits per heavy atom. The van der Waals surface area contributed by atoms with Gasteiger partial charge in [0.1, 0.15) is 5.82 Å². The second-order valence-corrected chi connectivity index (χ2v) is 5.86. The van der Waals surface area contributed by atoms with E-state index in [0.717, 1.165) is 43.1 Å². The minimum absolute atomic E-state index is 0.761. The third-order valence-corrected chi connectivity index (χ3v) is 4.02. The predicted octanol–water partition coefficient (Wildman–Crippen LogP) is 3.29. The van der Waals surface area contributed by atoms with E-state index < -0.39 is 0 Å². The Morgan fingerprint density at radius 3 is 2.81 bits per heavy atom. The molecule has 2 heterocycles. The molecule has 5 heteroatoms. The lowest BCUT2D eigenvalue weighted by molar-refractivity contribution is 0.122. The standard InChI is InChI=1S/C16H18BrN3O/c17-14-5-4-13(12-19-16-3-1-2-6-18-16)15(11-14)20-7-9-21-10-8-20/h1-6,11H,7-10,12H2,(H,18,19). The zero-order valence-electron chi connectivity index (χ0n) is 11.8. The lowest BCUT2D eigenvalue weighted by atomic mass is 10.1. The number of aromatic nitrogens is 1. The molecule has 0 radical (unpaired) electrons. The van der Waals surface area contributed by atoms with Crippen LogP contribution in [0.4, 0.5) is 11.5 Å². The van der Waals surface area contributed by atoms with Crippen molar-refractivity contribution in [3.05, 3.63) is 52.6 Å². The van der Waals surface area contributed by atoms with Crippen molar-refractivity contribution in [3.8, 4) is 0 Å². The number of ether oxygens (including phenoxy) is 1. The van der Waals surface area contributed by atoms with Crippen LogP contribution < -0.4 is 10.2 Å². The minimum atomic E-state index is 0.761. The summed E-state index contributed by atoms with van der Waals surface area (Å²) in [5.74, 6) is 0.897. The molecule has 1 N–H and O–H groups in total. The number of nitrogens with one attached hydrogen (secondary N) is 1. The van der Waals surface area contributed by atoms with Gasteiger partial charge < -0.3 is 15.0 Å². The Balaban J connectivity index is 1.77. The first-order chi connectivity index (χ1) is 10.3. The lowest BCUT2D eigenvalue weighted by Gasteiger charge is -2.31. The van der Waals surface area contributed by atoms with Gasteiger partial charge in [0.25, 0.3) is 0 Å². The van der Waals surface area contributed by atoms with Gasteiger partial charge in [-0.1, -0.05) is 28.1 Å². The Labute approximate surface area is 133 Å². The van der Waals surface area contributed by atoms with Crippen molar-refractivity contribution in [1.82, 2.24) is 4.98 Å². The van der Waals surface area contributed by atoms with Gasteiger partial charge in [-0.25, -0.2) is 4.98 Å². The summed E-state index contributed by atoms with van der Waals surface area (Å²) >= 11 is 3.57. The molecule has 0 saturated carbocycles. The van der Waals surface area contributed by atoms with Gasteiger partial charge in [0.05, 0.1) is 13.2 Å². The summed E-state index contributed by atoms with van der Waals surface area (Å²) in [7, 11) is 0. The fourth-order valence-electron chi connectivity index (χ4n) is 2.44. The molecule has 1 aromatic carbocycles. The Bertz CT molecular complexity index is 585. The molecule has 1 aliphatic rings. The summed E-state index contributed by atoms with van der Waals surface area (Å²) in [6.07, 6.45) is 1.80. The summed E-state index contributed by atoms with van der Waals surface area (Å²) in [5.41, 5.74) is 2.53. The predicted molar refractivity (Wildman–Crippen MR) is 88.7 cm³/mol. The van der Waals surface area contributed by atoms with Gasteiger partial charge in [-0.3, -0.25) is 0 Å². The maximum absolute atomic E-state index is 5.44. The zero-order valence-corrected chi connectivity index (χ0v) is 13.3. The van der Waals surface area contributed by atoms with Crippen molar-refractivity contribution in [1.29, 1.82) is 0 Å². The Kier molecular flexibility index (Phi) is 4.72. The van der Waals surface area contributed by atoms with E-state index in [1.807, 2.05) is 18.2 Å². The zero-order chi connectivity index (χ0) is 14.5. The van der Waals surface area contributed by atoms with Crippen molar-refractivity contribution in [2.45, 2.75) is 6.54 Å². The number of pyridine rings is 1. The highest BCUT2D eigenvalue weighted by Gasteiger charge is 2.15. The molecule has 1 aliphatic heterocycles. The van der Waals surface area contributed by atoms with Crippen LogP contribution in [0.2, 0.25) is 0 Å². The minimum Gasteiger partial charge on any atom is -0.378 e. The van der Waals surface area contributed by atoms with E-state index in [4.69, 9.17) is 4.74 Å². The lowest BCUT2D eigenvalue weighted by Crippen LogP contribution is -2.36. The van der Waals surface area contributed by atoms with Crippen molar-refractivity contribution >= 4 is 27.4 Å². The summed E-state index contributed by atoms with van der Waals surface area (Å²) in [6.45, 7) is 4.22. The molecule has 21 heavy (non-hydrogen) atoms. The molecule has 0 aliphatic carbocycles. The van der Waals surface area contributed by atoms with Crippen LogP contribution in [0.5, 0.6) is 0 Å². The number of anilines is 2. The van der Waals surface area contributed by atoms with Crippen LogP contribution in [0.15, 0.2) is 47.1 Å². The van der Waals surface area contributed by atoms with E-state index in [9.17, 15) is 0 Å². The molecule has 0 bridgehead atoms. The molecule has 0 amide bonds. The van der Waals surface area contributed by atoms with Gasteiger partial charge in [-0.2, -0.15) is 0 Å². The van der Waals surface area contributed by atoms with Crippen LogP contribution in [0.1, 0.15) is 5.56 Å². The molecule has 1 fully saturated rings. The van der Waals surface area contributed by atoms with Gasteiger partial charge in [0.15, 0.2) is 0 Å². The quantitative estimate of drug-likeness (QED) is 0.920. The molecule has 110 valence electrons. The smallest absolute Gasteiger partial charge is 0.126 e. The monoisotopic (exact) mass is 347 g/mol. The fourth-order valence-corrected chi connectivity index (χ4v) is 2.79. The first-order valence-corrected chi connectivity index (χ1v) is 7.88. The molecule has 1 aromatic heterocycles. The molecular formula is C16H18BrN3O. The largest absolute Gasteiger partial charge is 0.378 e. The van der Waals surface area contributed by atoms with Gasteiger partial charge in [0, 0.05) is 36.0 Å². The highest BCUT2D eigenvalue weighted by molar-refractivity contribution is 9.10. The Hall–Kier alpha value is -1.59. The summed E-state index contributed by atoms with van der Waals surface area (Å²) in [4.78, 5) is 6.68. The number of halogens is 1. The molecular weight excluding hydrogens is 330 g/mol. The summed E-state index contributed by atoms with van der Waals surface area (Å²) < 4.78 is 6.54. The van der Waals surface area contributed by atoms with Crippen molar-refractivity contribution < 1.29 is 4.74 Å². The fraction of sp³-hybridized carbons (Fsp3) is 0.312. The second-order valence-electron chi connectivity index (χ2n) is 4.94. The van der Waals surface area contributed by atoms with Crippen LogP contribution in [-0.4, -0.2) is 31.3 Å². The van der Waals surface area contributed by atoms with Gasteiger partial charge in [-0.15, -0.1) is 0 Å². The molecule has 4 nitrogen and oxygen atoms in total. The van der Waals surface area contributed by atoms with E-state index in [1.54, 1.807) is 6.20 Å². The number of benzene rings is 1. The van der Waals surface area contributed by atoms with E-state index in [2.05, 4.69) is 49.3 Å². The van der Waals surface area contributed by atoms with E-state index in [1.165, 1.54) is 11.3 Å². The van der Waals surface area contributed by atoms with E-state index >= 15 is 0 Å². The van der Waals surface area contributed by atoms with E-state index in [-0.39, 0.29) is 0 Å². The van der Waals surface area contributed by atoms with Gasteiger partial charge in [0.2, 0.25) is 0 Å². The maximum atomic E-state index is 5.44. The van der Waals surface area contributed by atoms with Gasteiger partial charge >= 0.3 is 0 Å². The van der Waals surface area contributed by atoms with Crippen molar-refractivity contribution in [2.24, 2.45) is 0 Å². The first-order valence-electron chi connectivity index (χ1n) is 7.09. The average Bonchev–Trinajstić information content (AvgIpc) is 2.55. The highest BCUT2D eigenvalue weighted by Crippen LogP contribution is 2.26. The molecule has 0 atom stereocenters. The van der Waals surface area contributed by atoms with Crippen LogP contribution in [-0.2, 0) is 11.3 Å². The molecule has 0 unspecified atom stereocenters. The summed E-state index contributed by atoms with van der Waals surface area (Å²) in [5, 5.41) is 3.38. The van der Waals surface area contributed by atoms with Crippen molar-refractivity contribution in [2.75, 3.05) is 36.5 Å². The maximum Gasteiger partial charge on any atom is 0.126 e. The van der Waals surface area contributed by atoms with E-state index in [0.29, 0.717) is 0 Å². The number of morpholine rings is 1. The molecule has 2 aromatic rings. The molecule has 0 spiro atoms. The topological polar surface area (TPSA) is 37.4 Å². The number of nitrogens with zero attached hydrogens (tertiary/aromatic N) is 2. The number of hydrogen-bond acceptors (Lipinski definition) is 4. The second kappa shape index (κ2) is 6.91. The molecule has 3 rings (SSSR count). The third-order valence-electron chi connectivity index (χ3n) is 3.52. The highest BCUT2D eigenvalue weighted by atomic mass is 79.9. The van der Waals surface area contributed by atoms with Gasteiger partial charge in [-0.05, 0) is 29.8 Å². The number of rotatable bonds is 4. The third kappa shape index (κ3) is 3.74. The van der Waals surface area contributed by atoms with Crippen LogP contribution >= 0.6 is 15.9 Å². The van der Waals surface area contributed by atoms with Crippen LogP contribution in [0.25, 0.3) is 0 Å². The van der Waals surface area contributed by atoms with Crippen LogP contribution in [0.3, 0.4) is 0 Å². The van der Waals surface area contributed by atoms with Crippen LogP contribution in [0, 0.1) is 0 Å². The first kappa shape index (κ1) is 14.4.